The van der Waals surface area contributed by atoms with Gasteiger partial charge in [0, 0.05) is 24.9 Å². The number of halogens is 3. The van der Waals surface area contributed by atoms with E-state index in [1.807, 2.05) is 0 Å². The molecule has 0 fully saturated rings. The molecule has 0 amide bonds. The Morgan fingerprint density at radius 2 is 2.05 bits per heavy atom. The fraction of sp³-hybridized carbons (Fsp3) is 0.455. The maximum Gasteiger partial charge on any atom is 0.435 e. The van der Waals surface area contributed by atoms with E-state index in [2.05, 4.69) is 5.10 Å². The van der Waals surface area contributed by atoms with Crippen molar-refractivity contribution in [1.29, 1.82) is 0 Å². The summed E-state index contributed by atoms with van der Waals surface area (Å²) in [4.78, 5) is 11.7. The zero-order valence-corrected chi connectivity index (χ0v) is 10.2. The summed E-state index contributed by atoms with van der Waals surface area (Å²) in [5, 5.41) is 3.30. The summed E-state index contributed by atoms with van der Waals surface area (Å²) in [6, 6.07) is 2.16. The van der Waals surface area contributed by atoms with E-state index in [0.717, 1.165) is 10.6 Å². The van der Waals surface area contributed by atoms with Gasteiger partial charge >= 0.3 is 6.18 Å². The van der Waals surface area contributed by atoms with Gasteiger partial charge in [-0.3, -0.25) is 4.79 Å². The molecule has 19 heavy (non-hydrogen) atoms. The van der Waals surface area contributed by atoms with E-state index in [0.29, 0.717) is 25.1 Å². The van der Waals surface area contributed by atoms with Crippen LogP contribution in [-0.2, 0) is 19.6 Å². The van der Waals surface area contributed by atoms with Crippen molar-refractivity contribution >= 4 is 5.65 Å². The Hall–Kier alpha value is -1.83. The normalized spacial score (nSPS) is 12.3. The molecule has 0 atom stereocenters. The predicted molar refractivity (Wildman–Crippen MR) is 62.8 cm³/mol. The van der Waals surface area contributed by atoms with Crippen molar-refractivity contribution in [2.45, 2.75) is 19.0 Å². The van der Waals surface area contributed by atoms with E-state index in [9.17, 15) is 18.0 Å². The van der Waals surface area contributed by atoms with Crippen molar-refractivity contribution < 1.29 is 13.2 Å². The van der Waals surface area contributed by atoms with Gasteiger partial charge in [0.1, 0.15) is 5.65 Å². The third kappa shape index (κ3) is 2.48. The van der Waals surface area contributed by atoms with Crippen molar-refractivity contribution in [3.05, 3.63) is 33.9 Å². The Bertz CT molecular complexity index is 656. The van der Waals surface area contributed by atoms with Crippen LogP contribution in [0.2, 0.25) is 0 Å². The summed E-state index contributed by atoms with van der Waals surface area (Å²) in [7, 11) is 1.60. The van der Waals surface area contributed by atoms with Crippen molar-refractivity contribution in [2.24, 2.45) is 12.8 Å². The molecule has 0 aliphatic heterocycles. The second kappa shape index (κ2) is 4.69. The summed E-state index contributed by atoms with van der Waals surface area (Å²) in [5.74, 6) is 0. The SMILES string of the molecule is Cn1c(CCCN)cc(=O)n2nc(C(F)(F)F)cc12. The molecule has 0 spiro atoms. The minimum atomic E-state index is -4.57. The fourth-order valence-electron chi connectivity index (χ4n) is 1.88. The summed E-state index contributed by atoms with van der Waals surface area (Å²) >= 11 is 0. The first-order chi connectivity index (χ1) is 8.84. The molecule has 0 saturated heterocycles. The molecule has 5 nitrogen and oxygen atoms in total. The van der Waals surface area contributed by atoms with Crippen LogP contribution in [-0.4, -0.2) is 20.7 Å². The smallest absolute Gasteiger partial charge is 0.333 e. The number of aryl methyl sites for hydroxylation is 2. The van der Waals surface area contributed by atoms with Gasteiger partial charge in [-0.05, 0) is 19.4 Å². The highest BCUT2D eigenvalue weighted by Gasteiger charge is 2.34. The average molecular weight is 274 g/mol. The van der Waals surface area contributed by atoms with E-state index in [-0.39, 0.29) is 5.65 Å². The van der Waals surface area contributed by atoms with Crippen molar-refractivity contribution in [3.63, 3.8) is 0 Å². The maximum atomic E-state index is 12.6. The molecule has 2 aromatic heterocycles. The van der Waals surface area contributed by atoms with Gasteiger partial charge in [-0.25, -0.2) is 0 Å². The largest absolute Gasteiger partial charge is 0.435 e. The zero-order valence-electron chi connectivity index (χ0n) is 10.2. The van der Waals surface area contributed by atoms with Crippen LogP contribution >= 0.6 is 0 Å². The van der Waals surface area contributed by atoms with Gasteiger partial charge in [0.05, 0.1) is 0 Å². The lowest BCUT2D eigenvalue weighted by Crippen LogP contribution is -2.20. The molecule has 104 valence electrons. The molecule has 2 rings (SSSR count). The van der Waals surface area contributed by atoms with Crippen LogP contribution in [0.1, 0.15) is 17.8 Å². The Labute approximate surface area is 106 Å². The van der Waals surface area contributed by atoms with Gasteiger partial charge in [-0.15, -0.1) is 0 Å². The Morgan fingerprint density at radius 3 is 2.63 bits per heavy atom. The molecule has 0 radical (unpaired) electrons. The molecule has 0 bridgehead atoms. The Kier molecular flexibility index (Phi) is 3.36. The van der Waals surface area contributed by atoms with E-state index in [1.54, 1.807) is 7.05 Å². The van der Waals surface area contributed by atoms with Gasteiger partial charge < -0.3 is 10.3 Å². The molecule has 2 aromatic rings. The highest BCUT2D eigenvalue weighted by molar-refractivity contribution is 5.42. The highest BCUT2D eigenvalue weighted by Crippen LogP contribution is 2.28. The quantitative estimate of drug-likeness (QED) is 0.906. The number of alkyl halides is 3. The number of fused-ring (bicyclic) bond motifs is 1. The van der Waals surface area contributed by atoms with Gasteiger partial charge in [0.2, 0.25) is 0 Å². The average Bonchev–Trinajstić information content (AvgIpc) is 2.77. The topological polar surface area (TPSA) is 65.3 Å². The summed E-state index contributed by atoms with van der Waals surface area (Å²) in [5.41, 5.74) is 4.49. The predicted octanol–water partition coefficient (Wildman–Crippen LogP) is 0.943. The summed E-state index contributed by atoms with van der Waals surface area (Å²) in [6.07, 6.45) is -3.38. The van der Waals surface area contributed by atoms with Crippen LogP contribution < -0.4 is 11.3 Å². The molecular formula is C11H13F3N4O. The number of nitrogens with zero attached hydrogens (tertiary/aromatic N) is 3. The standard InChI is InChI=1S/C11H13F3N4O/c1-17-7(3-2-4-15)5-10(19)18-9(17)6-8(16-18)11(12,13)14/h5-6H,2-4,15H2,1H3. The van der Waals surface area contributed by atoms with Crippen LogP contribution in [0.5, 0.6) is 0 Å². The molecular weight excluding hydrogens is 261 g/mol. The van der Waals surface area contributed by atoms with Gasteiger partial charge in [-0.2, -0.15) is 22.8 Å². The molecule has 0 saturated carbocycles. The number of rotatable bonds is 3. The monoisotopic (exact) mass is 274 g/mol. The van der Waals surface area contributed by atoms with Crippen LogP contribution in [0.3, 0.4) is 0 Å². The zero-order chi connectivity index (χ0) is 14.2. The maximum absolute atomic E-state index is 12.6. The van der Waals surface area contributed by atoms with Crippen molar-refractivity contribution in [1.82, 2.24) is 14.2 Å². The van der Waals surface area contributed by atoms with Crippen LogP contribution in [0.4, 0.5) is 13.2 Å². The molecule has 0 aliphatic rings. The van der Waals surface area contributed by atoms with Crippen LogP contribution in [0.25, 0.3) is 5.65 Å². The molecule has 2 heterocycles. The van der Waals surface area contributed by atoms with E-state index < -0.39 is 17.4 Å². The van der Waals surface area contributed by atoms with Crippen molar-refractivity contribution in [2.75, 3.05) is 6.54 Å². The second-order valence-corrected chi connectivity index (χ2v) is 4.22. The fourth-order valence-corrected chi connectivity index (χ4v) is 1.88. The molecule has 8 heteroatoms. The highest BCUT2D eigenvalue weighted by atomic mass is 19.4. The lowest BCUT2D eigenvalue weighted by Gasteiger charge is -2.09. The van der Waals surface area contributed by atoms with E-state index in [1.165, 1.54) is 10.6 Å². The minimum absolute atomic E-state index is 0.117. The van der Waals surface area contributed by atoms with Crippen molar-refractivity contribution in [3.8, 4) is 0 Å². The summed E-state index contributed by atoms with van der Waals surface area (Å²) in [6.45, 7) is 0.451. The number of aromatic nitrogens is 3. The number of hydrogen-bond donors (Lipinski definition) is 1. The third-order valence-electron chi connectivity index (χ3n) is 2.89. The third-order valence-corrected chi connectivity index (χ3v) is 2.89. The first kappa shape index (κ1) is 13.6. The van der Waals surface area contributed by atoms with E-state index in [4.69, 9.17) is 5.73 Å². The van der Waals surface area contributed by atoms with Crippen LogP contribution in [0, 0.1) is 0 Å². The Morgan fingerprint density at radius 1 is 1.37 bits per heavy atom. The first-order valence-electron chi connectivity index (χ1n) is 5.70. The van der Waals surface area contributed by atoms with Crippen LogP contribution in [0.15, 0.2) is 16.9 Å². The Balaban J connectivity index is 2.61. The number of hydrogen-bond acceptors (Lipinski definition) is 3. The summed E-state index contributed by atoms with van der Waals surface area (Å²) < 4.78 is 40.1. The molecule has 0 aromatic carbocycles. The van der Waals surface area contributed by atoms with Gasteiger partial charge in [0.25, 0.3) is 5.56 Å². The lowest BCUT2D eigenvalue weighted by molar-refractivity contribution is -0.141. The van der Waals surface area contributed by atoms with Gasteiger partial charge in [0.15, 0.2) is 5.69 Å². The second-order valence-electron chi connectivity index (χ2n) is 4.22. The lowest BCUT2D eigenvalue weighted by atomic mass is 10.2. The van der Waals surface area contributed by atoms with Gasteiger partial charge in [-0.1, -0.05) is 0 Å². The molecule has 0 aliphatic carbocycles. The molecule has 2 N–H and O–H groups in total. The first-order valence-corrected chi connectivity index (χ1v) is 5.70. The minimum Gasteiger partial charge on any atom is -0.333 e. The van der Waals surface area contributed by atoms with E-state index >= 15 is 0 Å². The molecule has 0 unspecified atom stereocenters. The number of nitrogens with two attached hydrogens (primary N) is 1.